The number of benzene rings is 1. The minimum Gasteiger partial charge on any atom is -0.345 e. The maximum absolute atomic E-state index is 12.9. The van der Waals surface area contributed by atoms with Crippen molar-refractivity contribution in [3.63, 3.8) is 0 Å². The Bertz CT molecular complexity index is 1120. The van der Waals surface area contributed by atoms with Gasteiger partial charge in [-0.25, -0.2) is 9.97 Å². The van der Waals surface area contributed by atoms with Crippen LogP contribution in [0.5, 0.6) is 0 Å². The summed E-state index contributed by atoms with van der Waals surface area (Å²) in [5.41, 5.74) is 3.85. The van der Waals surface area contributed by atoms with Gasteiger partial charge in [0.2, 0.25) is 0 Å². The van der Waals surface area contributed by atoms with Crippen molar-refractivity contribution in [2.75, 3.05) is 11.4 Å². The molecule has 1 aliphatic rings. The molecule has 0 radical (unpaired) electrons. The number of halogens is 2. The average molecular weight is 441 g/mol. The van der Waals surface area contributed by atoms with Gasteiger partial charge in [0.15, 0.2) is 0 Å². The Morgan fingerprint density at radius 2 is 1.87 bits per heavy atom. The molecule has 4 rings (SSSR count). The molecule has 0 saturated heterocycles. The summed E-state index contributed by atoms with van der Waals surface area (Å²) in [6.45, 7) is 2.51. The fourth-order valence-corrected chi connectivity index (χ4v) is 3.75. The van der Waals surface area contributed by atoms with Gasteiger partial charge in [0, 0.05) is 30.2 Å². The Balaban J connectivity index is 1.50. The van der Waals surface area contributed by atoms with Crippen LogP contribution in [0.25, 0.3) is 0 Å². The molecule has 2 amide bonds. The van der Waals surface area contributed by atoms with E-state index in [-0.39, 0.29) is 23.0 Å². The standard InChI is InChI=1S/C22H18Cl2N4O2/c1-13(27-21(29)17-3-5-19(23)26-12-17)14-2-4-18-15(10-14)7-9-28(18)22(30)16-6-8-25-20(24)11-16/h2-6,8,10-13H,7,9H2,1H3,(H,27,29). The molecule has 2 aromatic heterocycles. The van der Waals surface area contributed by atoms with Crippen LogP contribution in [0.2, 0.25) is 10.3 Å². The summed E-state index contributed by atoms with van der Waals surface area (Å²) in [4.78, 5) is 34.9. The molecular formula is C22H18Cl2N4O2. The van der Waals surface area contributed by atoms with Crippen LogP contribution in [-0.2, 0) is 6.42 Å². The number of rotatable bonds is 4. The normalized spacial score (nSPS) is 13.6. The molecule has 1 atom stereocenters. The van der Waals surface area contributed by atoms with Gasteiger partial charge >= 0.3 is 0 Å². The van der Waals surface area contributed by atoms with Crippen molar-refractivity contribution in [2.45, 2.75) is 19.4 Å². The maximum atomic E-state index is 12.9. The molecular weight excluding hydrogens is 423 g/mol. The first kappa shape index (κ1) is 20.3. The zero-order valence-electron chi connectivity index (χ0n) is 16.1. The van der Waals surface area contributed by atoms with Crippen molar-refractivity contribution in [3.8, 4) is 0 Å². The van der Waals surface area contributed by atoms with Crippen LogP contribution in [-0.4, -0.2) is 28.3 Å². The maximum Gasteiger partial charge on any atom is 0.258 e. The predicted octanol–water partition coefficient (Wildman–Crippen LogP) is 4.48. The van der Waals surface area contributed by atoms with E-state index in [9.17, 15) is 9.59 Å². The first-order valence-corrected chi connectivity index (χ1v) is 10.2. The molecule has 6 nitrogen and oxygen atoms in total. The number of hydrogen-bond donors (Lipinski definition) is 1. The predicted molar refractivity (Wildman–Crippen MR) is 116 cm³/mol. The highest BCUT2D eigenvalue weighted by molar-refractivity contribution is 6.30. The Hall–Kier alpha value is -2.96. The number of nitrogens with one attached hydrogen (secondary N) is 1. The summed E-state index contributed by atoms with van der Waals surface area (Å²) in [5, 5.41) is 3.59. The van der Waals surface area contributed by atoms with Gasteiger partial charge in [-0.1, -0.05) is 35.3 Å². The van der Waals surface area contributed by atoms with Crippen LogP contribution in [0.3, 0.4) is 0 Å². The van der Waals surface area contributed by atoms with E-state index in [4.69, 9.17) is 23.2 Å². The van der Waals surface area contributed by atoms with Crippen LogP contribution in [0.1, 0.15) is 44.8 Å². The summed E-state index contributed by atoms with van der Waals surface area (Å²) in [6.07, 6.45) is 3.72. The second-order valence-electron chi connectivity index (χ2n) is 7.03. The molecule has 0 bridgehead atoms. The third-order valence-corrected chi connectivity index (χ3v) is 5.49. The van der Waals surface area contributed by atoms with E-state index in [1.807, 2.05) is 25.1 Å². The monoisotopic (exact) mass is 440 g/mol. The number of pyridine rings is 2. The van der Waals surface area contributed by atoms with Crippen LogP contribution >= 0.6 is 23.2 Å². The topological polar surface area (TPSA) is 75.2 Å². The third kappa shape index (κ3) is 4.15. The van der Waals surface area contributed by atoms with Crippen molar-refractivity contribution < 1.29 is 9.59 Å². The van der Waals surface area contributed by atoms with E-state index in [0.29, 0.717) is 22.8 Å². The number of aromatic nitrogens is 2. The number of hydrogen-bond acceptors (Lipinski definition) is 4. The number of fused-ring (bicyclic) bond motifs is 1. The fourth-order valence-electron chi connectivity index (χ4n) is 3.47. The largest absolute Gasteiger partial charge is 0.345 e. The van der Waals surface area contributed by atoms with Crippen LogP contribution in [0.4, 0.5) is 5.69 Å². The minimum atomic E-state index is -0.224. The fraction of sp³-hybridized carbons (Fsp3) is 0.182. The minimum absolute atomic E-state index is 0.109. The molecule has 1 N–H and O–H groups in total. The first-order valence-electron chi connectivity index (χ1n) is 9.41. The van der Waals surface area contributed by atoms with Crippen molar-refractivity contribution in [1.29, 1.82) is 0 Å². The zero-order chi connectivity index (χ0) is 21.3. The third-order valence-electron chi connectivity index (χ3n) is 5.05. The average Bonchev–Trinajstić information content (AvgIpc) is 3.16. The van der Waals surface area contributed by atoms with Crippen molar-refractivity contribution in [2.24, 2.45) is 0 Å². The van der Waals surface area contributed by atoms with Crippen molar-refractivity contribution >= 4 is 40.7 Å². The Kier molecular flexibility index (Phi) is 5.70. The summed E-state index contributed by atoms with van der Waals surface area (Å²) < 4.78 is 0. The summed E-state index contributed by atoms with van der Waals surface area (Å²) in [5.74, 6) is -0.332. The van der Waals surface area contributed by atoms with Crippen LogP contribution < -0.4 is 10.2 Å². The molecule has 1 aliphatic heterocycles. The Morgan fingerprint density at radius 1 is 1.03 bits per heavy atom. The van der Waals surface area contributed by atoms with E-state index in [1.54, 1.807) is 29.2 Å². The van der Waals surface area contributed by atoms with Gasteiger partial charge in [-0.05, 0) is 54.8 Å². The van der Waals surface area contributed by atoms with Gasteiger partial charge in [-0.15, -0.1) is 0 Å². The van der Waals surface area contributed by atoms with Gasteiger partial charge in [0.1, 0.15) is 10.3 Å². The highest BCUT2D eigenvalue weighted by Crippen LogP contribution is 2.32. The van der Waals surface area contributed by atoms with Gasteiger partial charge in [0.05, 0.1) is 11.6 Å². The van der Waals surface area contributed by atoms with E-state index in [0.717, 1.165) is 23.2 Å². The number of carbonyl (C=O) groups excluding carboxylic acids is 2. The second kappa shape index (κ2) is 8.42. The van der Waals surface area contributed by atoms with E-state index < -0.39 is 0 Å². The van der Waals surface area contributed by atoms with E-state index in [2.05, 4.69) is 15.3 Å². The molecule has 152 valence electrons. The quantitative estimate of drug-likeness (QED) is 0.606. The van der Waals surface area contributed by atoms with Crippen LogP contribution in [0, 0.1) is 0 Å². The lowest BCUT2D eigenvalue weighted by Gasteiger charge is -2.19. The van der Waals surface area contributed by atoms with E-state index in [1.165, 1.54) is 12.4 Å². The van der Waals surface area contributed by atoms with Gasteiger partial charge in [-0.2, -0.15) is 0 Å². The highest BCUT2D eigenvalue weighted by atomic mass is 35.5. The van der Waals surface area contributed by atoms with Gasteiger partial charge in [0.25, 0.3) is 11.8 Å². The number of carbonyl (C=O) groups is 2. The van der Waals surface area contributed by atoms with Gasteiger partial charge in [-0.3, -0.25) is 9.59 Å². The molecule has 0 spiro atoms. The molecule has 1 unspecified atom stereocenters. The summed E-state index contributed by atoms with van der Waals surface area (Å²) >= 11 is 11.7. The zero-order valence-corrected chi connectivity index (χ0v) is 17.6. The molecule has 0 saturated carbocycles. The van der Waals surface area contributed by atoms with Gasteiger partial charge < -0.3 is 10.2 Å². The lowest BCUT2D eigenvalue weighted by molar-refractivity contribution is 0.0938. The molecule has 3 aromatic rings. The lowest BCUT2D eigenvalue weighted by Crippen LogP contribution is -2.29. The molecule has 1 aromatic carbocycles. The second-order valence-corrected chi connectivity index (χ2v) is 7.80. The SMILES string of the molecule is CC(NC(=O)c1ccc(Cl)nc1)c1ccc2c(c1)CCN2C(=O)c1ccnc(Cl)c1. The number of amides is 2. The summed E-state index contributed by atoms with van der Waals surface area (Å²) in [6, 6.07) is 12.1. The molecule has 0 aliphatic carbocycles. The van der Waals surface area contributed by atoms with Crippen molar-refractivity contribution in [1.82, 2.24) is 15.3 Å². The lowest BCUT2D eigenvalue weighted by atomic mass is 10.0. The summed E-state index contributed by atoms with van der Waals surface area (Å²) in [7, 11) is 0. The molecule has 8 heteroatoms. The van der Waals surface area contributed by atoms with Crippen LogP contribution in [0.15, 0.2) is 54.9 Å². The Morgan fingerprint density at radius 3 is 2.60 bits per heavy atom. The number of nitrogens with zero attached hydrogens (tertiary/aromatic N) is 3. The Labute approximate surface area is 183 Å². The van der Waals surface area contributed by atoms with E-state index >= 15 is 0 Å². The van der Waals surface area contributed by atoms with Crippen molar-refractivity contribution in [3.05, 3.63) is 87.4 Å². The number of anilines is 1. The smallest absolute Gasteiger partial charge is 0.258 e. The molecule has 30 heavy (non-hydrogen) atoms. The molecule has 0 fully saturated rings. The highest BCUT2D eigenvalue weighted by Gasteiger charge is 2.26. The molecule has 3 heterocycles. The first-order chi connectivity index (χ1) is 14.4.